The number of hydrogen-bond donors (Lipinski definition) is 0. The molecule has 0 saturated carbocycles. The van der Waals surface area contributed by atoms with Crippen molar-refractivity contribution in [2.24, 2.45) is 0 Å². The Labute approximate surface area is 147 Å². The second-order valence-corrected chi connectivity index (χ2v) is 7.72. The lowest BCUT2D eigenvalue weighted by atomic mass is 9.97. The zero-order valence-corrected chi connectivity index (χ0v) is 14.6. The second kappa shape index (κ2) is 6.90. The number of thioether (sulfide) groups is 1. The Bertz CT molecular complexity index is 793. The highest BCUT2D eigenvalue weighted by atomic mass is 32.2. The van der Waals surface area contributed by atoms with Crippen LogP contribution in [0.4, 0.5) is 0 Å². The van der Waals surface area contributed by atoms with Crippen LogP contribution in [0.25, 0.3) is 11.1 Å². The topological polar surface area (TPSA) is 72.1 Å². The molecule has 0 atom stereocenters. The molecule has 1 aliphatic heterocycles. The van der Waals surface area contributed by atoms with Crippen LogP contribution < -0.4 is 0 Å². The van der Waals surface area contributed by atoms with Crippen LogP contribution in [-0.2, 0) is 4.79 Å². The standard InChI is InChI=1S/C16H16N4O2S2/c21-14(9-23-16-19-17-10-24-16)20-7-5-11(6-8-20)15-18-12-3-1-2-4-13(12)22-15/h1-4,10-11H,5-9H2. The summed E-state index contributed by atoms with van der Waals surface area (Å²) in [6, 6.07) is 7.82. The van der Waals surface area contributed by atoms with Crippen molar-refractivity contribution in [2.75, 3.05) is 18.8 Å². The third-order valence-corrected chi connectivity index (χ3v) is 6.01. The van der Waals surface area contributed by atoms with Crippen LogP contribution in [0.5, 0.6) is 0 Å². The van der Waals surface area contributed by atoms with Gasteiger partial charge in [-0.05, 0) is 25.0 Å². The van der Waals surface area contributed by atoms with Gasteiger partial charge in [0, 0.05) is 19.0 Å². The Morgan fingerprint density at radius 1 is 1.33 bits per heavy atom. The molecule has 4 rings (SSSR count). The van der Waals surface area contributed by atoms with Crippen molar-refractivity contribution >= 4 is 40.1 Å². The first kappa shape index (κ1) is 15.6. The monoisotopic (exact) mass is 360 g/mol. The van der Waals surface area contributed by atoms with Crippen LogP contribution >= 0.6 is 23.1 Å². The number of carbonyl (C=O) groups excluding carboxylic acids is 1. The molecule has 2 aromatic heterocycles. The third-order valence-electron chi connectivity index (χ3n) is 4.17. The number of fused-ring (bicyclic) bond motifs is 1. The number of rotatable bonds is 4. The van der Waals surface area contributed by atoms with E-state index in [0.29, 0.717) is 5.75 Å². The van der Waals surface area contributed by atoms with Gasteiger partial charge < -0.3 is 9.32 Å². The first-order valence-electron chi connectivity index (χ1n) is 7.82. The number of likely N-dealkylation sites (tertiary alicyclic amines) is 1. The summed E-state index contributed by atoms with van der Waals surface area (Å²) in [7, 11) is 0. The molecular weight excluding hydrogens is 344 g/mol. The molecular formula is C16H16N4O2S2. The molecule has 1 saturated heterocycles. The maximum Gasteiger partial charge on any atom is 0.233 e. The second-order valence-electron chi connectivity index (χ2n) is 5.67. The Morgan fingerprint density at radius 2 is 2.17 bits per heavy atom. The first-order valence-corrected chi connectivity index (χ1v) is 9.68. The quantitative estimate of drug-likeness (QED) is 0.666. The van der Waals surface area contributed by atoms with E-state index in [9.17, 15) is 4.79 Å². The summed E-state index contributed by atoms with van der Waals surface area (Å²) in [4.78, 5) is 18.8. The first-order chi connectivity index (χ1) is 11.8. The van der Waals surface area contributed by atoms with Gasteiger partial charge in [0.2, 0.25) is 5.91 Å². The van der Waals surface area contributed by atoms with E-state index in [-0.39, 0.29) is 11.8 Å². The summed E-state index contributed by atoms with van der Waals surface area (Å²) in [6.07, 6.45) is 1.78. The number of piperidine rings is 1. The fourth-order valence-electron chi connectivity index (χ4n) is 2.88. The average molecular weight is 360 g/mol. The predicted octanol–water partition coefficient (Wildman–Crippen LogP) is 3.18. The minimum absolute atomic E-state index is 0.159. The van der Waals surface area contributed by atoms with Crippen LogP contribution in [-0.4, -0.2) is 44.8 Å². The maximum absolute atomic E-state index is 12.3. The molecule has 1 aliphatic rings. The summed E-state index contributed by atoms with van der Waals surface area (Å²) in [6.45, 7) is 1.50. The van der Waals surface area contributed by atoms with Gasteiger partial charge in [-0.25, -0.2) is 4.98 Å². The van der Waals surface area contributed by atoms with Gasteiger partial charge in [0.15, 0.2) is 15.8 Å². The third kappa shape index (κ3) is 3.29. The van der Waals surface area contributed by atoms with Crippen LogP contribution in [0.2, 0.25) is 0 Å². The molecule has 1 fully saturated rings. The number of hydrogen-bond acceptors (Lipinski definition) is 7. The van der Waals surface area contributed by atoms with E-state index in [1.807, 2.05) is 29.2 Å². The zero-order valence-electron chi connectivity index (χ0n) is 12.9. The average Bonchev–Trinajstić information content (AvgIpc) is 3.29. The van der Waals surface area contributed by atoms with Gasteiger partial charge in [0.25, 0.3) is 0 Å². The molecule has 1 aromatic carbocycles. The lowest BCUT2D eigenvalue weighted by molar-refractivity contribution is -0.129. The van der Waals surface area contributed by atoms with Crippen molar-refractivity contribution in [3.63, 3.8) is 0 Å². The molecule has 0 unspecified atom stereocenters. The van der Waals surface area contributed by atoms with Crippen LogP contribution in [0.1, 0.15) is 24.7 Å². The number of nitrogens with zero attached hydrogens (tertiary/aromatic N) is 4. The minimum atomic E-state index is 0.159. The fourth-order valence-corrected chi connectivity index (χ4v) is 4.27. The normalized spacial score (nSPS) is 15.9. The molecule has 3 aromatic rings. The van der Waals surface area contributed by atoms with Gasteiger partial charge in [0.1, 0.15) is 11.0 Å². The summed E-state index contributed by atoms with van der Waals surface area (Å²) < 4.78 is 6.70. The lowest BCUT2D eigenvalue weighted by Gasteiger charge is -2.30. The van der Waals surface area contributed by atoms with E-state index < -0.39 is 0 Å². The van der Waals surface area contributed by atoms with Gasteiger partial charge in [-0.1, -0.05) is 35.2 Å². The summed E-state index contributed by atoms with van der Waals surface area (Å²) in [5.41, 5.74) is 3.41. The van der Waals surface area contributed by atoms with E-state index >= 15 is 0 Å². The molecule has 124 valence electrons. The van der Waals surface area contributed by atoms with Crippen molar-refractivity contribution in [3.05, 3.63) is 35.7 Å². The van der Waals surface area contributed by atoms with E-state index in [1.54, 1.807) is 5.51 Å². The molecule has 3 heterocycles. The molecule has 1 amide bonds. The Balaban J connectivity index is 1.33. The van der Waals surface area contributed by atoms with Gasteiger partial charge in [-0.2, -0.15) is 0 Å². The molecule has 24 heavy (non-hydrogen) atoms. The zero-order chi connectivity index (χ0) is 16.4. The highest BCUT2D eigenvalue weighted by molar-refractivity contribution is 8.01. The largest absolute Gasteiger partial charge is 0.440 e. The molecule has 6 nitrogen and oxygen atoms in total. The van der Waals surface area contributed by atoms with Gasteiger partial charge in [-0.3, -0.25) is 4.79 Å². The van der Waals surface area contributed by atoms with Crippen LogP contribution in [0, 0.1) is 0 Å². The Kier molecular flexibility index (Phi) is 4.48. The molecule has 0 spiro atoms. The molecule has 0 bridgehead atoms. The SMILES string of the molecule is O=C(CSc1nncs1)N1CCC(c2nc3ccccc3o2)CC1. The van der Waals surface area contributed by atoms with Crippen LogP contribution in [0.3, 0.4) is 0 Å². The number of benzene rings is 1. The van der Waals surface area contributed by atoms with Crippen molar-refractivity contribution in [2.45, 2.75) is 23.1 Å². The highest BCUT2D eigenvalue weighted by Gasteiger charge is 2.27. The minimum Gasteiger partial charge on any atom is -0.440 e. The number of para-hydroxylation sites is 2. The molecule has 0 aliphatic carbocycles. The van der Waals surface area contributed by atoms with Crippen molar-refractivity contribution in [1.29, 1.82) is 0 Å². The van der Waals surface area contributed by atoms with Gasteiger partial charge in [0.05, 0.1) is 5.75 Å². The van der Waals surface area contributed by atoms with Crippen molar-refractivity contribution in [3.8, 4) is 0 Å². The van der Waals surface area contributed by atoms with Crippen molar-refractivity contribution in [1.82, 2.24) is 20.1 Å². The molecule has 8 heteroatoms. The van der Waals surface area contributed by atoms with E-state index in [1.165, 1.54) is 23.1 Å². The summed E-state index contributed by atoms with van der Waals surface area (Å²) in [5, 5.41) is 7.73. The van der Waals surface area contributed by atoms with E-state index in [2.05, 4.69) is 15.2 Å². The van der Waals surface area contributed by atoms with E-state index in [4.69, 9.17) is 4.42 Å². The molecule has 0 N–H and O–H groups in total. The van der Waals surface area contributed by atoms with E-state index in [0.717, 1.165) is 47.3 Å². The van der Waals surface area contributed by atoms with Gasteiger partial charge in [-0.15, -0.1) is 10.2 Å². The lowest BCUT2D eigenvalue weighted by Crippen LogP contribution is -2.39. The number of oxazole rings is 1. The van der Waals surface area contributed by atoms with Gasteiger partial charge >= 0.3 is 0 Å². The highest BCUT2D eigenvalue weighted by Crippen LogP contribution is 2.30. The van der Waals surface area contributed by atoms with Crippen LogP contribution in [0.15, 0.2) is 38.5 Å². The summed E-state index contributed by atoms with van der Waals surface area (Å²) >= 11 is 2.91. The number of aromatic nitrogens is 3. The number of carbonyl (C=O) groups is 1. The Morgan fingerprint density at radius 3 is 2.92 bits per heavy atom. The Hall–Kier alpha value is -1.93. The fraction of sp³-hybridized carbons (Fsp3) is 0.375. The smallest absolute Gasteiger partial charge is 0.233 e. The maximum atomic E-state index is 12.3. The summed E-state index contributed by atoms with van der Waals surface area (Å²) in [5.74, 6) is 1.66. The predicted molar refractivity (Wildman–Crippen MR) is 93.2 cm³/mol. The number of amides is 1. The molecule has 0 radical (unpaired) electrons. The van der Waals surface area contributed by atoms with Crippen molar-refractivity contribution < 1.29 is 9.21 Å².